The summed E-state index contributed by atoms with van der Waals surface area (Å²) in [5.41, 5.74) is 0.161. The molecule has 0 bridgehead atoms. The second-order valence-electron chi connectivity index (χ2n) is 5.01. The lowest BCUT2D eigenvalue weighted by Gasteiger charge is -2.20. The third kappa shape index (κ3) is 3.48. The van der Waals surface area contributed by atoms with Gasteiger partial charge in [0.2, 0.25) is 0 Å². The predicted molar refractivity (Wildman–Crippen MR) is 78.6 cm³/mol. The summed E-state index contributed by atoms with van der Waals surface area (Å²) in [6.07, 6.45) is 2.43. The minimum absolute atomic E-state index is 0.161. The molecule has 1 aromatic carbocycles. The summed E-state index contributed by atoms with van der Waals surface area (Å²) in [7, 11) is 0. The van der Waals surface area contributed by atoms with Gasteiger partial charge in [0.15, 0.2) is 0 Å². The molecule has 1 aliphatic carbocycles. The van der Waals surface area contributed by atoms with Gasteiger partial charge in [-0.2, -0.15) is 0 Å². The van der Waals surface area contributed by atoms with E-state index in [-0.39, 0.29) is 10.6 Å². The fourth-order valence-corrected chi connectivity index (χ4v) is 3.97. The number of nitro groups is 1. The maximum atomic E-state index is 10.6. The van der Waals surface area contributed by atoms with Gasteiger partial charge in [0.25, 0.3) is 5.69 Å². The summed E-state index contributed by atoms with van der Waals surface area (Å²) in [5.74, 6) is 0.639. The minimum Gasteiger partial charge on any atom is -0.314 e. The number of hydrogen-bond donors (Lipinski definition) is 1. The summed E-state index contributed by atoms with van der Waals surface area (Å²) in [4.78, 5) is 11.4. The van der Waals surface area contributed by atoms with E-state index in [0.717, 1.165) is 11.4 Å². The van der Waals surface area contributed by atoms with Gasteiger partial charge < -0.3 is 5.32 Å². The highest BCUT2D eigenvalue weighted by molar-refractivity contribution is 8.00. The van der Waals surface area contributed by atoms with Crippen LogP contribution < -0.4 is 5.32 Å². The first kappa shape index (κ1) is 14.3. The van der Waals surface area contributed by atoms with Crippen LogP contribution in [-0.2, 0) is 0 Å². The highest BCUT2D eigenvalue weighted by Crippen LogP contribution is 2.39. The highest BCUT2D eigenvalue weighted by Gasteiger charge is 2.32. The molecule has 3 atom stereocenters. The molecule has 4 nitrogen and oxygen atoms in total. The molecule has 0 aromatic heterocycles. The third-order valence-corrected chi connectivity index (χ3v) is 5.30. The average molecular weight is 280 g/mol. The number of nitrogens with one attached hydrogen (secondary N) is 1. The third-order valence-electron chi connectivity index (χ3n) is 3.78. The minimum atomic E-state index is -0.353. The second-order valence-corrected chi connectivity index (χ2v) is 6.32. The van der Waals surface area contributed by atoms with Crippen LogP contribution in [0.2, 0.25) is 0 Å². The fraction of sp³-hybridized carbons (Fsp3) is 0.571. The molecule has 1 saturated carbocycles. The van der Waals surface area contributed by atoms with E-state index in [1.165, 1.54) is 12.8 Å². The van der Waals surface area contributed by atoms with Crippen LogP contribution in [-0.4, -0.2) is 22.8 Å². The Balaban J connectivity index is 1.96. The van der Waals surface area contributed by atoms with E-state index in [1.54, 1.807) is 12.1 Å². The van der Waals surface area contributed by atoms with Crippen LogP contribution in [0, 0.1) is 16.0 Å². The fourth-order valence-electron chi connectivity index (χ4n) is 2.67. The summed E-state index contributed by atoms with van der Waals surface area (Å²) in [5, 5.41) is 14.7. The average Bonchev–Trinajstić information content (AvgIpc) is 2.73. The lowest BCUT2D eigenvalue weighted by molar-refractivity contribution is -0.384. The molecular formula is C14H20N2O2S. The molecule has 1 aliphatic rings. The van der Waals surface area contributed by atoms with Gasteiger partial charge in [-0.3, -0.25) is 10.1 Å². The number of nitro benzene ring substituents is 1. The number of rotatable bonds is 5. The Morgan fingerprint density at radius 1 is 1.37 bits per heavy atom. The monoisotopic (exact) mass is 280 g/mol. The van der Waals surface area contributed by atoms with E-state index in [4.69, 9.17) is 0 Å². The van der Waals surface area contributed by atoms with Gasteiger partial charge in [0, 0.05) is 28.3 Å². The maximum Gasteiger partial charge on any atom is 0.269 e. The smallest absolute Gasteiger partial charge is 0.269 e. The van der Waals surface area contributed by atoms with Crippen molar-refractivity contribution in [1.82, 2.24) is 5.32 Å². The summed E-state index contributed by atoms with van der Waals surface area (Å²) >= 11 is 1.85. The van der Waals surface area contributed by atoms with Crippen LogP contribution in [0.5, 0.6) is 0 Å². The molecule has 1 N–H and O–H groups in total. The van der Waals surface area contributed by atoms with Crippen LogP contribution >= 0.6 is 11.8 Å². The summed E-state index contributed by atoms with van der Waals surface area (Å²) < 4.78 is 0. The number of nitrogens with zero attached hydrogens (tertiary/aromatic N) is 1. The molecule has 2 rings (SSSR count). The van der Waals surface area contributed by atoms with Crippen LogP contribution in [0.15, 0.2) is 29.2 Å². The zero-order chi connectivity index (χ0) is 13.8. The van der Waals surface area contributed by atoms with E-state index < -0.39 is 0 Å². The molecule has 0 spiro atoms. The summed E-state index contributed by atoms with van der Waals surface area (Å²) in [6.45, 7) is 5.46. The van der Waals surface area contributed by atoms with Crippen molar-refractivity contribution in [1.29, 1.82) is 0 Å². The van der Waals surface area contributed by atoms with Crippen molar-refractivity contribution in [2.75, 3.05) is 6.54 Å². The maximum absolute atomic E-state index is 10.6. The Hall–Kier alpha value is -1.07. The van der Waals surface area contributed by atoms with Gasteiger partial charge in [-0.05, 0) is 37.4 Å². The molecule has 1 fully saturated rings. The lowest BCUT2D eigenvalue weighted by atomic mass is 10.1. The predicted octanol–water partition coefficient (Wildman–Crippen LogP) is 3.46. The molecule has 1 aromatic rings. The van der Waals surface area contributed by atoms with Crippen molar-refractivity contribution in [3.05, 3.63) is 34.4 Å². The largest absolute Gasteiger partial charge is 0.314 e. The zero-order valence-corrected chi connectivity index (χ0v) is 12.2. The van der Waals surface area contributed by atoms with Crippen LogP contribution in [0.3, 0.4) is 0 Å². The SMILES string of the molecule is CCNC1CCC(Sc2ccc([N+](=O)[O-])cc2)C1C. The van der Waals surface area contributed by atoms with Crippen LogP contribution in [0.4, 0.5) is 5.69 Å². The van der Waals surface area contributed by atoms with E-state index >= 15 is 0 Å². The quantitative estimate of drug-likeness (QED) is 0.663. The van der Waals surface area contributed by atoms with Gasteiger partial charge >= 0.3 is 0 Å². The molecular weight excluding hydrogens is 260 g/mol. The molecule has 0 radical (unpaired) electrons. The van der Waals surface area contributed by atoms with Crippen molar-refractivity contribution < 1.29 is 4.92 Å². The van der Waals surface area contributed by atoms with E-state index in [2.05, 4.69) is 19.2 Å². The van der Waals surface area contributed by atoms with E-state index in [1.807, 2.05) is 23.9 Å². The Morgan fingerprint density at radius 2 is 2.05 bits per heavy atom. The van der Waals surface area contributed by atoms with Crippen molar-refractivity contribution in [2.45, 2.75) is 42.9 Å². The first-order valence-corrected chi connectivity index (χ1v) is 7.64. The molecule has 19 heavy (non-hydrogen) atoms. The number of hydrogen-bond acceptors (Lipinski definition) is 4. The lowest BCUT2D eigenvalue weighted by Crippen LogP contribution is -2.32. The molecule has 104 valence electrons. The Bertz CT molecular complexity index is 436. The van der Waals surface area contributed by atoms with Crippen molar-refractivity contribution in [2.24, 2.45) is 5.92 Å². The second kappa shape index (κ2) is 6.39. The Morgan fingerprint density at radius 3 is 2.63 bits per heavy atom. The molecule has 3 unspecified atom stereocenters. The number of thioether (sulfide) groups is 1. The number of non-ortho nitro benzene ring substituents is 1. The molecule has 0 saturated heterocycles. The number of benzene rings is 1. The molecule has 0 aliphatic heterocycles. The van der Waals surface area contributed by atoms with Gasteiger partial charge in [-0.1, -0.05) is 13.8 Å². The standard InChI is InChI=1S/C14H20N2O2S/c1-3-15-13-8-9-14(10(13)2)19-12-6-4-11(5-7-12)16(17)18/h4-7,10,13-15H,3,8-9H2,1-2H3. The molecule has 0 heterocycles. The topological polar surface area (TPSA) is 55.2 Å². The van der Waals surface area contributed by atoms with Gasteiger partial charge in [-0.15, -0.1) is 11.8 Å². The van der Waals surface area contributed by atoms with E-state index in [0.29, 0.717) is 17.2 Å². The Kier molecular flexibility index (Phi) is 4.82. The normalized spacial score (nSPS) is 26.5. The molecule has 5 heteroatoms. The van der Waals surface area contributed by atoms with Gasteiger partial charge in [0.05, 0.1) is 4.92 Å². The van der Waals surface area contributed by atoms with Gasteiger partial charge in [-0.25, -0.2) is 0 Å². The van der Waals surface area contributed by atoms with E-state index in [9.17, 15) is 10.1 Å². The summed E-state index contributed by atoms with van der Waals surface area (Å²) in [6, 6.07) is 7.50. The van der Waals surface area contributed by atoms with Crippen molar-refractivity contribution in [3.63, 3.8) is 0 Å². The first-order valence-electron chi connectivity index (χ1n) is 6.76. The Labute approximate surface area is 118 Å². The highest BCUT2D eigenvalue weighted by atomic mass is 32.2. The van der Waals surface area contributed by atoms with Crippen molar-refractivity contribution >= 4 is 17.4 Å². The first-order chi connectivity index (χ1) is 9.11. The van der Waals surface area contributed by atoms with Crippen LogP contribution in [0.25, 0.3) is 0 Å². The van der Waals surface area contributed by atoms with Gasteiger partial charge in [0.1, 0.15) is 0 Å². The molecule has 0 amide bonds. The van der Waals surface area contributed by atoms with Crippen LogP contribution in [0.1, 0.15) is 26.7 Å². The van der Waals surface area contributed by atoms with Crippen molar-refractivity contribution in [3.8, 4) is 0 Å². The zero-order valence-electron chi connectivity index (χ0n) is 11.3.